The summed E-state index contributed by atoms with van der Waals surface area (Å²) in [4.78, 5) is 22.0. The van der Waals surface area contributed by atoms with Crippen LogP contribution in [-0.2, 0) is 11.2 Å². The number of aromatic nitrogens is 2. The molecule has 2 N–H and O–H groups in total. The minimum Gasteiger partial charge on any atom is -0.494 e. The lowest BCUT2D eigenvalue weighted by molar-refractivity contribution is -0.119. The fourth-order valence-corrected chi connectivity index (χ4v) is 5.76. The Morgan fingerprint density at radius 2 is 1.95 bits per heavy atom. The van der Waals surface area contributed by atoms with E-state index >= 15 is 0 Å². The van der Waals surface area contributed by atoms with Crippen LogP contribution in [0.2, 0.25) is 10.0 Å². The number of amides is 1. The molecule has 0 spiro atoms. The van der Waals surface area contributed by atoms with Gasteiger partial charge >= 0.3 is 0 Å². The Hall–Kier alpha value is -3.42. The van der Waals surface area contributed by atoms with Crippen LogP contribution >= 0.6 is 23.2 Å². The van der Waals surface area contributed by atoms with Crippen LogP contribution in [0, 0.1) is 18.7 Å². The van der Waals surface area contributed by atoms with E-state index in [2.05, 4.69) is 11.1 Å². The quantitative estimate of drug-likeness (QED) is 0.267. The van der Waals surface area contributed by atoms with E-state index in [9.17, 15) is 9.18 Å². The molecule has 2 aromatic heterocycles. The number of halogens is 3. The van der Waals surface area contributed by atoms with Gasteiger partial charge in [0.1, 0.15) is 41.1 Å². The molecule has 9 heteroatoms. The Kier molecular flexibility index (Phi) is 6.60. The number of rotatable bonds is 7. The average molecular weight is 566 g/mol. The number of nitrogens with zero attached hydrogens (tertiary/aromatic N) is 2. The molecule has 6 rings (SSSR count). The molecule has 2 aromatic carbocycles. The van der Waals surface area contributed by atoms with Gasteiger partial charge in [-0.25, -0.2) is 14.4 Å². The van der Waals surface area contributed by atoms with Crippen LogP contribution in [-0.4, -0.2) is 29.6 Å². The number of fused-ring (bicyclic) bond motifs is 2. The highest BCUT2D eigenvalue weighted by Gasteiger charge is 2.38. The van der Waals surface area contributed by atoms with Gasteiger partial charge in [-0.1, -0.05) is 23.2 Å². The first-order valence-electron chi connectivity index (χ1n) is 12.8. The molecule has 1 aliphatic heterocycles. The van der Waals surface area contributed by atoms with Crippen molar-refractivity contribution in [2.75, 3.05) is 13.7 Å². The first kappa shape index (κ1) is 25.8. The van der Waals surface area contributed by atoms with Crippen molar-refractivity contribution >= 4 is 40.0 Å². The summed E-state index contributed by atoms with van der Waals surface area (Å²) >= 11 is 12.5. The number of carbonyl (C=O) groups excluding carboxylic acids is 1. The van der Waals surface area contributed by atoms with Crippen LogP contribution in [0.5, 0.6) is 11.5 Å². The predicted octanol–water partition coefficient (Wildman–Crippen LogP) is 6.76. The third-order valence-corrected chi connectivity index (χ3v) is 8.32. The number of carbonyl (C=O) groups is 1. The lowest BCUT2D eigenvalue weighted by atomic mass is 9.88. The monoisotopic (exact) mass is 565 g/mol. The van der Waals surface area contributed by atoms with Crippen molar-refractivity contribution in [2.45, 2.75) is 38.0 Å². The Bertz CT molecular complexity index is 1640. The summed E-state index contributed by atoms with van der Waals surface area (Å²) in [6.45, 7) is 2.01. The van der Waals surface area contributed by atoms with E-state index in [1.165, 1.54) is 12.1 Å². The normalized spacial score (nSPS) is 17.1. The van der Waals surface area contributed by atoms with Crippen LogP contribution in [0.1, 0.15) is 47.2 Å². The predicted molar refractivity (Wildman–Crippen MR) is 149 cm³/mol. The van der Waals surface area contributed by atoms with Gasteiger partial charge in [-0.05, 0) is 80.1 Å². The molecule has 2 unspecified atom stereocenters. The Balaban J connectivity index is 1.47. The molecular weight excluding hydrogens is 540 g/mol. The molecule has 0 saturated heterocycles. The highest BCUT2D eigenvalue weighted by molar-refractivity contribution is 6.32. The second-order valence-electron chi connectivity index (χ2n) is 10.3. The molecular formula is C30H26Cl2FN3O3. The molecule has 2 aliphatic rings. The summed E-state index contributed by atoms with van der Waals surface area (Å²) in [5.41, 5.74) is 11.0. The summed E-state index contributed by atoms with van der Waals surface area (Å²) in [5.74, 6) is 0.0938. The number of methoxy groups -OCH3 is 1. The van der Waals surface area contributed by atoms with Gasteiger partial charge in [0.15, 0.2) is 0 Å². The van der Waals surface area contributed by atoms with Crippen LogP contribution in [0.25, 0.3) is 22.2 Å². The number of pyridine rings is 2. The van der Waals surface area contributed by atoms with Gasteiger partial charge in [0.05, 0.1) is 22.8 Å². The first-order chi connectivity index (χ1) is 18.7. The number of benzene rings is 2. The molecule has 3 heterocycles. The lowest BCUT2D eigenvalue weighted by Crippen LogP contribution is -2.22. The molecule has 0 bridgehead atoms. The fraction of sp³-hybridized carbons (Fsp3) is 0.300. The van der Waals surface area contributed by atoms with Crippen LogP contribution in [0.15, 0.2) is 42.5 Å². The summed E-state index contributed by atoms with van der Waals surface area (Å²) in [7, 11) is 1.63. The molecule has 1 fully saturated rings. The van der Waals surface area contributed by atoms with E-state index in [0.717, 1.165) is 40.7 Å². The van der Waals surface area contributed by atoms with Gasteiger partial charge < -0.3 is 15.2 Å². The van der Waals surface area contributed by atoms with Crippen molar-refractivity contribution in [3.8, 4) is 22.8 Å². The van der Waals surface area contributed by atoms with Crippen LogP contribution < -0.4 is 15.2 Å². The van der Waals surface area contributed by atoms with Crippen LogP contribution in [0.3, 0.4) is 0 Å². The Labute approximate surface area is 235 Å². The highest BCUT2D eigenvalue weighted by Crippen LogP contribution is 2.48. The zero-order valence-corrected chi connectivity index (χ0v) is 22.9. The van der Waals surface area contributed by atoms with Gasteiger partial charge in [-0.15, -0.1) is 0 Å². The van der Waals surface area contributed by atoms with Crippen molar-refractivity contribution in [1.29, 1.82) is 0 Å². The van der Waals surface area contributed by atoms with Crippen LogP contribution in [0.4, 0.5) is 4.39 Å². The number of hydrogen-bond acceptors (Lipinski definition) is 5. The second kappa shape index (κ2) is 9.96. The molecule has 1 amide bonds. The van der Waals surface area contributed by atoms with Crippen molar-refractivity contribution in [1.82, 2.24) is 9.97 Å². The standard InChI is InChI=1S/C30H26Cl2FN3O3/c1-14-22(31)11-18-7-15(9-26(38-2)27(18)35-14)8-19(16-3-4-16)25-12-20-21(30(34)37)13-39-29(20)28(36-25)17-5-6-24(33)23(32)10-17/h5-7,9-12,16,19,21H,3-4,8,13H2,1-2H3,(H2,34,37). The molecule has 1 aliphatic carbocycles. The summed E-state index contributed by atoms with van der Waals surface area (Å²) in [5, 5.41) is 1.49. The summed E-state index contributed by atoms with van der Waals surface area (Å²) in [6, 6.07) is 12.4. The van der Waals surface area contributed by atoms with Crippen molar-refractivity contribution < 1.29 is 18.7 Å². The third-order valence-electron chi connectivity index (χ3n) is 7.65. The van der Waals surface area contributed by atoms with Crippen molar-refractivity contribution in [3.63, 3.8) is 0 Å². The molecule has 2 atom stereocenters. The maximum Gasteiger partial charge on any atom is 0.228 e. The van der Waals surface area contributed by atoms with Crippen molar-refractivity contribution in [3.05, 3.63) is 80.8 Å². The zero-order valence-electron chi connectivity index (χ0n) is 21.4. The maximum atomic E-state index is 14.0. The van der Waals surface area contributed by atoms with E-state index in [0.29, 0.717) is 45.7 Å². The van der Waals surface area contributed by atoms with E-state index in [1.807, 2.05) is 25.1 Å². The molecule has 1 saturated carbocycles. The van der Waals surface area contributed by atoms with E-state index in [1.54, 1.807) is 13.2 Å². The second-order valence-corrected chi connectivity index (χ2v) is 11.1. The maximum absolute atomic E-state index is 14.0. The van der Waals surface area contributed by atoms with Gasteiger partial charge in [0.2, 0.25) is 5.91 Å². The Morgan fingerprint density at radius 3 is 2.64 bits per heavy atom. The van der Waals surface area contributed by atoms with Gasteiger partial charge in [-0.2, -0.15) is 0 Å². The minimum atomic E-state index is -0.589. The number of hydrogen-bond donors (Lipinski definition) is 1. The molecule has 0 radical (unpaired) electrons. The number of primary amides is 1. The number of nitrogens with two attached hydrogens (primary N) is 1. The number of aryl methyl sites for hydroxylation is 1. The van der Waals surface area contributed by atoms with Gasteiger partial charge in [0, 0.05) is 28.1 Å². The van der Waals surface area contributed by atoms with Gasteiger partial charge in [-0.3, -0.25) is 4.79 Å². The molecule has 39 heavy (non-hydrogen) atoms. The van der Waals surface area contributed by atoms with E-state index < -0.39 is 17.6 Å². The van der Waals surface area contributed by atoms with E-state index in [-0.39, 0.29) is 17.5 Å². The lowest BCUT2D eigenvalue weighted by Gasteiger charge is -2.20. The first-order valence-corrected chi connectivity index (χ1v) is 13.5. The average Bonchev–Trinajstić information content (AvgIpc) is 3.66. The SMILES string of the molecule is COc1cc(CC(c2cc3c(c(-c4ccc(F)c(Cl)c4)n2)OCC3C(N)=O)C2CC2)cc2cc(Cl)c(C)nc12. The molecule has 4 aromatic rings. The van der Waals surface area contributed by atoms with E-state index in [4.69, 9.17) is 43.4 Å². The smallest absolute Gasteiger partial charge is 0.228 e. The summed E-state index contributed by atoms with van der Waals surface area (Å²) in [6.07, 6.45) is 2.85. The number of ether oxygens (including phenoxy) is 2. The highest BCUT2D eigenvalue weighted by atomic mass is 35.5. The molecule has 200 valence electrons. The van der Waals surface area contributed by atoms with Crippen molar-refractivity contribution in [2.24, 2.45) is 11.7 Å². The topological polar surface area (TPSA) is 87.3 Å². The van der Waals surface area contributed by atoms with Gasteiger partial charge in [0.25, 0.3) is 0 Å². The fourth-order valence-electron chi connectivity index (χ4n) is 5.42. The zero-order chi connectivity index (χ0) is 27.4. The minimum absolute atomic E-state index is 0.0117. The summed E-state index contributed by atoms with van der Waals surface area (Å²) < 4.78 is 25.6. The largest absolute Gasteiger partial charge is 0.494 e. The Morgan fingerprint density at radius 1 is 1.15 bits per heavy atom. The molecule has 6 nitrogen and oxygen atoms in total. The third kappa shape index (κ3) is 4.79.